The van der Waals surface area contributed by atoms with Crippen LogP contribution in [0.5, 0.6) is 0 Å². The Morgan fingerprint density at radius 2 is 2.00 bits per heavy atom. The highest BCUT2D eigenvalue weighted by atomic mass is 35.5. The van der Waals surface area contributed by atoms with Crippen molar-refractivity contribution >= 4 is 44.9 Å². The molecule has 0 atom stereocenters. The van der Waals surface area contributed by atoms with E-state index in [1.165, 1.54) is 11.3 Å². The van der Waals surface area contributed by atoms with Crippen LogP contribution in [-0.2, 0) is 11.3 Å². The van der Waals surface area contributed by atoms with E-state index in [2.05, 4.69) is 20.2 Å². The van der Waals surface area contributed by atoms with Crippen LogP contribution in [0.2, 0.25) is 5.02 Å². The molecule has 0 aliphatic carbocycles. The average Bonchev–Trinajstić information content (AvgIpc) is 3.26. The topological polar surface area (TPSA) is 91.0 Å². The molecule has 0 saturated carbocycles. The van der Waals surface area contributed by atoms with Crippen molar-refractivity contribution < 1.29 is 4.79 Å². The summed E-state index contributed by atoms with van der Waals surface area (Å²) in [7, 11) is 0. The Hall–Kier alpha value is -3.07. The van der Waals surface area contributed by atoms with Gasteiger partial charge in [0.15, 0.2) is 0 Å². The van der Waals surface area contributed by atoms with Crippen LogP contribution in [0.1, 0.15) is 24.2 Å². The lowest BCUT2D eigenvalue weighted by Gasteiger charge is -2.30. The first-order chi connectivity index (χ1) is 16.5. The number of carbonyl (C=O) groups excluding carboxylic acids is 1. The first kappa shape index (κ1) is 22.7. The molecule has 1 amide bonds. The summed E-state index contributed by atoms with van der Waals surface area (Å²) in [6.07, 6.45) is 3.24. The molecule has 0 spiro atoms. The summed E-state index contributed by atoms with van der Waals surface area (Å²) < 4.78 is 0. The maximum Gasteiger partial charge on any atom is 0.260 e. The highest BCUT2D eigenvalue weighted by Crippen LogP contribution is 2.35. The molecule has 1 aliphatic heterocycles. The van der Waals surface area contributed by atoms with Crippen LogP contribution in [-0.4, -0.2) is 38.8 Å². The largest absolute Gasteiger partial charge is 0.310 e. The number of likely N-dealkylation sites (tertiary alicyclic amines) is 1. The van der Waals surface area contributed by atoms with Crippen molar-refractivity contribution in [3.05, 3.63) is 74.7 Å². The standard InChI is InChI=1S/C25H24ClN5O2S/c1-15-6-7-20(27-12-15)28-23(32)16-8-10-31(11-9-16)13-21-29-24(33)22-18(14-34-25(22)30-21)17-4-2-3-5-19(17)26/h2-7,12,14,16H,8-11,13H2,1H3,(H,27,28,32)(H,29,30,33). The van der Waals surface area contributed by atoms with E-state index in [0.717, 1.165) is 42.6 Å². The van der Waals surface area contributed by atoms with Crippen LogP contribution in [0.4, 0.5) is 5.82 Å². The molecule has 3 aromatic heterocycles. The summed E-state index contributed by atoms with van der Waals surface area (Å²) in [6.45, 7) is 4.02. The molecule has 4 heterocycles. The number of halogens is 1. The molecule has 174 valence electrons. The number of aromatic nitrogens is 3. The van der Waals surface area contributed by atoms with Gasteiger partial charge in [0.05, 0.1) is 11.9 Å². The number of carbonyl (C=O) groups is 1. The summed E-state index contributed by atoms with van der Waals surface area (Å²) >= 11 is 7.79. The van der Waals surface area contributed by atoms with E-state index >= 15 is 0 Å². The number of H-pyrrole nitrogens is 1. The normalized spacial score (nSPS) is 15.0. The maximum atomic E-state index is 12.9. The molecule has 1 aromatic carbocycles. The number of hydrogen-bond acceptors (Lipinski definition) is 6. The van der Waals surface area contributed by atoms with Crippen LogP contribution in [0.3, 0.4) is 0 Å². The SMILES string of the molecule is Cc1ccc(NC(=O)C2CCN(Cc3nc4scc(-c5ccccc5Cl)c4c(=O)[nH]3)CC2)nc1. The minimum atomic E-state index is -0.156. The molecule has 0 bridgehead atoms. The molecule has 9 heteroatoms. The number of nitrogens with one attached hydrogen (secondary N) is 2. The fraction of sp³-hybridized carbons (Fsp3) is 0.280. The van der Waals surface area contributed by atoms with Crippen LogP contribution in [0, 0.1) is 12.8 Å². The van der Waals surface area contributed by atoms with E-state index in [4.69, 9.17) is 16.6 Å². The number of thiophene rings is 1. The fourth-order valence-electron chi connectivity index (χ4n) is 4.28. The van der Waals surface area contributed by atoms with Crippen LogP contribution >= 0.6 is 22.9 Å². The Bertz CT molecular complexity index is 1390. The summed E-state index contributed by atoms with van der Waals surface area (Å²) in [5.41, 5.74) is 2.53. The molecule has 34 heavy (non-hydrogen) atoms. The molecule has 7 nitrogen and oxygen atoms in total. The predicted octanol–water partition coefficient (Wildman–Crippen LogP) is 4.86. The van der Waals surface area contributed by atoms with Gasteiger partial charge in [-0.2, -0.15) is 0 Å². The summed E-state index contributed by atoms with van der Waals surface area (Å²) in [5, 5.41) is 6.03. The lowest BCUT2D eigenvalue weighted by Crippen LogP contribution is -2.38. The number of hydrogen-bond donors (Lipinski definition) is 2. The first-order valence-electron chi connectivity index (χ1n) is 11.2. The molecule has 5 rings (SSSR count). The molecule has 4 aromatic rings. The summed E-state index contributed by atoms with van der Waals surface area (Å²) in [6, 6.07) is 11.3. The average molecular weight is 494 g/mol. The second-order valence-electron chi connectivity index (χ2n) is 8.58. The zero-order chi connectivity index (χ0) is 23.7. The van der Waals surface area contributed by atoms with Crippen molar-refractivity contribution in [3.8, 4) is 11.1 Å². The Morgan fingerprint density at radius 3 is 2.74 bits per heavy atom. The third-order valence-corrected chi connectivity index (χ3v) is 7.35. The smallest absolute Gasteiger partial charge is 0.260 e. The van der Waals surface area contributed by atoms with Crippen LogP contribution < -0.4 is 10.9 Å². The number of pyridine rings is 1. The molecule has 1 saturated heterocycles. The lowest BCUT2D eigenvalue weighted by atomic mass is 9.96. The van der Waals surface area contributed by atoms with Crippen LogP contribution in [0.15, 0.2) is 52.8 Å². The van der Waals surface area contributed by atoms with Crippen molar-refractivity contribution in [1.82, 2.24) is 19.9 Å². The van der Waals surface area contributed by atoms with Gasteiger partial charge in [-0.25, -0.2) is 9.97 Å². The molecular formula is C25H24ClN5O2S. The Morgan fingerprint density at radius 1 is 1.21 bits per heavy atom. The second kappa shape index (κ2) is 9.66. The predicted molar refractivity (Wildman–Crippen MR) is 136 cm³/mol. The number of nitrogens with zero attached hydrogens (tertiary/aromatic N) is 3. The number of benzene rings is 1. The highest BCUT2D eigenvalue weighted by Gasteiger charge is 2.26. The van der Waals surface area contributed by atoms with Crippen molar-refractivity contribution in [2.45, 2.75) is 26.3 Å². The van der Waals surface area contributed by atoms with Gasteiger partial charge in [-0.05, 0) is 50.6 Å². The number of anilines is 1. The van der Waals surface area contributed by atoms with Gasteiger partial charge in [0.2, 0.25) is 5.91 Å². The quantitative estimate of drug-likeness (QED) is 0.414. The number of aromatic amines is 1. The molecular weight excluding hydrogens is 470 g/mol. The van der Waals surface area contributed by atoms with E-state index in [1.54, 1.807) is 6.20 Å². The van der Waals surface area contributed by atoms with E-state index in [-0.39, 0.29) is 17.4 Å². The van der Waals surface area contributed by atoms with Gasteiger partial charge in [-0.15, -0.1) is 11.3 Å². The van der Waals surface area contributed by atoms with Gasteiger partial charge in [-0.3, -0.25) is 14.5 Å². The molecule has 1 aliphatic rings. The zero-order valence-electron chi connectivity index (χ0n) is 18.7. The number of rotatable bonds is 5. The van der Waals surface area contributed by atoms with Crippen molar-refractivity contribution in [1.29, 1.82) is 0 Å². The first-order valence-corrected chi connectivity index (χ1v) is 12.4. The summed E-state index contributed by atoms with van der Waals surface area (Å²) in [5.74, 6) is 1.18. The molecule has 1 fully saturated rings. The van der Waals surface area contributed by atoms with Gasteiger partial charge in [0.25, 0.3) is 5.56 Å². The van der Waals surface area contributed by atoms with Crippen molar-refractivity contribution in [2.24, 2.45) is 5.92 Å². The minimum absolute atomic E-state index is 0.00893. The molecule has 2 N–H and O–H groups in total. The molecule has 0 unspecified atom stereocenters. The van der Waals surface area contributed by atoms with Gasteiger partial charge in [0, 0.05) is 33.6 Å². The highest BCUT2D eigenvalue weighted by molar-refractivity contribution is 7.17. The zero-order valence-corrected chi connectivity index (χ0v) is 20.2. The number of amides is 1. The third-order valence-electron chi connectivity index (χ3n) is 6.15. The van der Waals surface area contributed by atoms with E-state index in [1.807, 2.05) is 48.7 Å². The maximum absolute atomic E-state index is 12.9. The van der Waals surface area contributed by atoms with E-state index in [9.17, 15) is 9.59 Å². The number of fused-ring (bicyclic) bond motifs is 1. The Labute approximate surface area is 205 Å². The fourth-order valence-corrected chi connectivity index (χ4v) is 5.48. The minimum Gasteiger partial charge on any atom is -0.310 e. The Kier molecular flexibility index (Phi) is 6.45. The Balaban J connectivity index is 1.24. The monoisotopic (exact) mass is 493 g/mol. The van der Waals surface area contributed by atoms with E-state index < -0.39 is 0 Å². The third kappa shape index (κ3) is 4.75. The number of piperidine rings is 1. The van der Waals surface area contributed by atoms with Gasteiger partial charge >= 0.3 is 0 Å². The summed E-state index contributed by atoms with van der Waals surface area (Å²) in [4.78, 5) is 40.4. The van der Waals surface area contributed by atoms with Gasteiger partial charge in [-0.1, -0.05) is 35.9 Å². The van der Waals surface area contributed by atoms with E-state index in [0.29, 0.717) is 33.4 Å². The van der Waals surface area contributed by atoms with Crippen LogP contribution in [0.25, 0.3) is 21.3 Å². The number of aryl methyl sites for hydroxylation is 1. The lowest BCUT2D eigenvalue weighted by molar-refractivity contribution is -0.121. The van der Waals surface area contributed by atoms with Crippen molar-refractivity contribution in [2.75, 3.05) is 18.4 Å². The van der Waals surface area contributed by atoms with Crippen molar-refractivity contribution in [3.63, 3.8) is 0 Å². The van der Waals surface area contributed by atoms with Gasteiger partial charge in [0.1, 0.15) is 16.5 Å². The second-order valence-corrected chi connectivity index (χ2v) is 9.85. The molecule has 0 radical (unpaired) electrons. The van der Waals surface area contributed by atoms with Gasteiger partial charge < -0.3 is 10.3 Å².